The van der Waals surface area contributed by atoms with Crippen LogP contribution in [0.3, 0.4) is 0 Å². The third-order valence-electron chi connectivity index (χ3n) is 6.77. The SMILES string of the molecule is Cc1n[nH]c(C(=O)N2CC(NC(=O)c3ccc4nc(C(F)F)[nH]c4c3)C3CCCCC32)c1O. The molecule has 9 nitrogen and oxygen atoms in total. The maximum absolute atomic E-state index is 13.2. The first-order valence-corrected chi connectivity index (χ1v) is 11.0. The van der Waals surface area contributed by atoms with E-state index in [4.69, 9.17) is 0 Å². The standard InChI is InChI=1S/C22H24F2N6O3/c1-10-18(31)17(29-28-10)22(33)30-9-15(12-4-2-3-5-16(12)30)27-21(32)11-6-7-13-14(8-11)26-20(25-13)19(23)24/h6-8,12,15-16,19,31H,2-5,9H2,1H3,(H,25,26)(H,27,32)(H,28,29). The molecule has 1 aromatic carbocycles. The first-order chi connectivity index (χ1) is 15.8. The van der Waals surface area contributed by atoms with E-state index >= 15 is 0 Å². The molecule has 5 rings (SSSR count). The lowest BCUT2D eigenvalue weighted by Gasteiger charge is -2.32. The Balaban J connectivity index is 1.36. The van der Waals surface area contributed by atoms with Gasteiger partial charge in [-0.25, -0.2) is 13.8 Å². The van der Waals surface area contributed by atoms with Crippen LogP contribution in [-0.2, 0) is 0 Å². The Labute approximate surface area is 187 Å². The quantitative estimate of drug-likeness (QED) is 0.478. The molecule has 2 aromatic heterocycles. The first kappa shape index (κ1) is 21.4. The number of rotatable bonds is 4. The van der Waals surface area contributed by atoms with Crippen LogP contribution in [0.5, 0.6) is 5.75 Å². The molecular formula is C22H24F2N6O3. The summed E-state index contributed by atoms with van der Waals surface area (Å²) in [5, 5.41) is 19.7. The number of hydrogen-bond acceptors (Lipinski definition) is 5. The number of imidazole rings is 1. The average molecular weight is 458 g/mol. The van der Waals surface area contributed by atoms with Crippen molar-refractivity contribution < 1.29 is 23.5 Å². The number of aromatic hydroxyl groups is 1. The van der Waals surface area contributed by atoms with Crippen molar-refractivity contribution in [3.8, 4) is 5.75 Å². The summed E-state index contributed by atoms with van der Waals surface area (Å²) in [7, 11) is 0. The van der Waals surface area contributed by atoms with E-state index in [9.17, 15) is 23.5 Å². The second-order valence-corrected chi connectivity index (χ2v) is 8.74. The summed E-state index contributed by atoms with van der Waals surface area (Å²) in [5.41, 5.74) is 1.46. The molecule has 3 aromatic rings. The van der Waals surface area contributed by atoms with Crippen LogP contribution in [0.1, 0.15) is 64.5 Å². The number of nitrogens with zero attached hydrogens (tertiary/aromatic N) is 3. The highest BCUT2D eigenvalue weighted by Crippen LogP contribution is 2.38. The van der Waals surface area contributed by atoms with E-state index < -0.39 is 12.2 Å². The maximum atomic E-state index is 13.2. The van der Waals surface area contributed by atoms with E-state index in [1.165, 1.54) is 12.1 Å². The summed E-state index contributed by atoms with van der Waals surface area (Å²) in [5.74, 6) is -1.17. The minimum Gasteiger partial charge on any atom is -0.504 e. The van der Waals surface area contributed by atoms with Crippen molar-refractivity contribution in [1.29, 1.82) is 0 Å². The van der Waals surface area contributed by atoms with Gasteiger partial charge in [-0.2, -0.15) is 5.10 Å². The van der Waals surface area contributed by atoms with E-state index in [2.05, 4.69) is 25.5 Å². The molecule has 0 spiro atoms. The van der Waals surface area contributed by atoms with Gasteiger partial charge in [-0.1, -0.05) is 12.8 Å². The van der Waals surface area contributed by atoms with Crippen LogP contribution in [-0.4, -0.2) is 60.6 Å². The maximum Gasteiger partial charge on any atom is 0.295 e. The fourth-order valence-electron chi connectivity index (χ4n) is 5.11. The number of carbonyl (C=O) groups is 2. The fraction of sp³-hybridized carbons (Fsp3) is 0.455. The molecule has 0 bridgehead atoms. The molecule has 174 valence electrons. The summed E-state index contributed by atoms with van der Waals surface area (Å²) < 4.78 is 25.8. The molecule has 2 amide bonds. The second kappa shape index (κ2) is 8.13. The average Bonchev–Trinajstić information content (AvgIpc) is 3.49. The molecule has 3 atom stereocenters. The predicted molar refractivity (Wildman–Crippen MR) is 114 cm³/mol. The van der Waals surface area contributed by atoms with Crippen molar-refractivity contribution in [3.05, 3.63) is 41.0 Å². The van der Waals surface area contributed by atoms with E-state index in [0.29, 0.717) is 28.8 Å². The Kier molecular flexibility index (Phi) is 5.26. The number of aromatic nitrogens is 4. The van der Waals surface area contributed by atoms with Crippen molar-refractivity contribution in [1.82, 2.24) is 30.4 Å². The third-order valence-corrected chi connectivity index (χ3v) is 6.77. The zero-order valence-electron chi connectivity index (χ0n) is 17.9. The molecule has 3 unspecified atom stereocenters. The van der Waals surface area contributed by atoms with Gasteiger partial charge in [0.2, 0.25) is 0 Å². The number of aromatic amines is 2. The molecule has 4 N–H and O–H groups in total. The molecule has 1 saturated carbocycles. The van der Waals surface area contributed by atoms with Gasteiger partial charge in [-0.15, -0.1) is 0 Å². The highest BCUT2D eigenvalue weighted by atomic mass is 19.3. The van der Waals surface area contributed by atoms with Crippen LogP contribution in [0.15, 0.2) is 18.2 Å². The topological polar surface area (TPSA) is 127 Å². The zero-order chi connectivity index (χ0) is 23.3. The number of nitrogens with one attached hydrogen (secondary N) is 3. The third kappa shape index (κ3) is 3.70. The summed E-state index contributed by atoms with van der Waals surface area (Å²) in [4.78, 5) is 34.3. The van der Waals surface area contributed by atoms with Gasteiger partial charge in [0, 0.05) is 24.1 Å². The lowest BCUT2D eigenvalue weighted by molar-refractivity contribution is 0.0680. The fourth-order valence-corrected chi connectivity index (χ4v) is 5.11. The number of aryl methyl sites for hydroxylation is 1. The lowest BCUT2D eigenvalue weighted by atomic mass is 9.82. The largest absolute Gasteiger partial charge is 0.504 e. The van der Waals surface area contributed by atoms with Crippen molar-refractivity contribution in [2.24, 2.45) is 5.92 Å². The summed E-state index contributed by atoms with van der Waals surface area (Å²) >= 11 is 0. The number of likely N-dealkylation sites (tertiary alicyclic amines) is 1. The van der Waals surface area contributed by atoms with E-state index in [0.717, 1.165) is 25.7 Å². The van der Waals surface area contributed by atoms with Crippen LogP contribution in [0.25, 0.3) is 11.0 Å². The van der Waals surface area contributed by atoms with Crippen molar-refractivity contribution in [3.63, 3.8) is 0 Å². The number of alkyl halides is 2. The summed E-state index contributed by atoms with van der Waals surface area (Å²) in [6.45, 7) is 1.93. The number of carbonyl (C=O) groups excluding carboxylic acids is 2. The number of halogens is 2. The monoisotopic (exact) mass is 458 g/mol. The van der Waals surface area contributed by atoms with Crippen molar-refractivity contribution in [2.75, 3.05) is 6.54 Å². The Morgan fingerprint density at radius 2 is 2.06 bits per heavy atom. The summed E-state index contributed by atoms with van der Waals surface area (Å²) in [6, 6.07) is 4.29. The molecule has 2 aliphatic rings. The zero-order valence-corrected chi connectivity index (χ0v) is 17.9. The number of fused-ring (bicyclic) bond motifs is 2. The van der Waals surface area contributed by atoms with Gasteiger partial charge >= 0.3 is 0 Å². The number of benzene rings is 1. The van der Waals surface area contributed by atoms with Crippen LogP contribution < -0.4 is 5.32 Å². The number of H-pyrrole nitrogens is 2. The number of amides is 2. The van der Waals surface area contributed by atoms with E-state index in [-0.39, 0.29) is 41.3 Å². The highest BCUT2D eigenvalue weighted by Gasteiger charge is 2.46. The molecule has 1 saturated heterocycles. The van der Waals surface area contributed by atoms with E-state index in [1.54, 1.807) is 17.9 Å². The predicted octanol–water partition coefficient (Wildman–Crippen LogP) is 3.05. The molecular weight excluding hydrogens is 434 g/mol. The highest BCUT2D eigenvalue weighted by molar-refractivity contribution is 5.98. The summed E-state index contributed by atoms with van der Waals surface area (Å²) in [6.07, 6.45) is 0.985. The van der Waals surface area contributed by atoms with Gasteiger partial charge in [0.25, 0.3) is 18.2 Å². The Bertz CT molecular complexity index is 1220. The van der Waals surface area contributed by atoms with Gasteiger partial charge in [-0.3, -0.25) is 14.7 Å². The molecule has 0 radical (unpaired) electrons. The van der Waals surface area contributed by atoms with Gasteiger partial charge in [0.15, 0.2) is 17.3 Å². The first-order valence-electron chi connectivity index (χ1n) is 11.0. The lowest BCUT2D eigenvalue weighted by Crippen LogP contribution is -2.41. The van der Waals surface area contributed by atoms with Crippen LogP contribution in [0, 0.1) is 12.8 Å². The molecule has 1 aliphatic carbocycles. The molecule has 33 heavy (non-hydrogen) atoms. The molecule has 2 fully saturated rings. The number of hydrogen-bond donors (Lipinski definition) is 4. The van der Waals surface area contributed by atoms with Gasteiger partial charge < -0.3 is 20.3 Å². The van der Waals surface area contributed by atoms with Crippen LogP contribution >= 0.6 is 0 Å². The second-order valence-electron chi connectivity index (χ2n) is 8.74. The Hall–Kier alpha value is -3.50. The molecule has 11 heteroatoms. The van der Waals surface area contributed by atoms with E-state index in [1.807, 2.05) is 0 Å². The van der Waals surface area contributed by atoms with Gasteiger partial charge in [-0.05, 0) is 38.0 Å². The Morgan fingerprint density at radius 3 is 2.79 bits per heavy atom. The minimum atomic E-state index is -2.72. The van der Waals surface area contributed by atoms with Crippen molar-refractivity contribution >= 4 is 22.8 Å². The van der Waals surface area contributed by atoms with Gasteiger partial charge in [0.1, 0.15) is 5.69 Å². The van der Waals surface area contributed by atoms with Crippen molar-refractivity contribution in [2.45, 2.75) is 51.1 Å². The molecule has 3 heterocycles. The minimum absolute atomic E-state index is 0.0387. The molecule has 1 aliphatic heterocycles. The van der Waals surface area contributed by atoms with Crippen LogP contribution in [0.4, 0.5) is 8.78 Å². The Morgan fingerprint density at radius 1 is 1.27 bits per heavy atom. The van der Waals surface area contributed by atoms with Crippen LogP contribution in [0.2, 0.25) is 0 Å². The normalized spacial score (nSPS) is 22.7. The van der Waals surface area contributed by atoms with Gasteiger partial charge in [0.05, 0.1) is 17.1 Å². The smallest absolute Gasteiger partial charge is 0.295 e.